The second-order valence-electron chi connectivity index (χ2n) is 8.84. The molecular weight excluding hydrogens is 444 g/mol. The van der Waals surface area contributed by atoms with Crippen LogP contribution < -0.4 is 24.8 Å². The normalized spacial score (nSPS) is 15.5. The van der Waals surface area contributed by atoms with Gasteiger partial charge >= 0.3 is 0 Å². The minimum absolute atomic E-state index is 0.403. The fourth-order valence-corrected chi connectivity index (χ4v) is 4.32. The summed E-state index contributed by atoms with van der Waals surface area (Å²) in [6.45, 7) is 3.36. The Morgan fingerprint density at radius 3 is 2.86 bits per heavy atom. The lowest BCUT2D eigenvalue weighted by atomic mass is 9.98. The van der Waals surface area contributed by atoms with Crippen molar-refractivity contribution in [1.29, 1.82) is 5.26 Å². The van der Waals surface area contributed by atoms with Gasteiger partial charge in [-0.3, -0.25) is 0 Å². The van der Waals surface area contributed by atoms with E-state index in [4.69, 9.17) is 14.2 Å². The van der Waals surface area contributed by atoms with Crippen molar-refractivity contribution >= 4 is 17.2 Å². The first kappa shape index (κ1) is 22.7. The predicted octanol–water partition coefficient (Wildman–Crippen LogP) is 4.54. The number of aromatic nitrogens is 2. The highest BCUT2D eigenvalue weighted by Crippen LogP contribution is 2.42. The minimum atomic E-state index is 0.403. The van der Waals surface area contributed by atoms with Crippen LogP contribution in [0.1, 0.15) is 24.0 Å². The van der Waals surface area contributed by atoms with Crippen LogP contribution >= 0.6 is 0 Å². The number of ether oxygens (including phenoxy) is 3. The zero-order chi connectivity index (χ0) is 24.2. The molecule has 0 spiro atoms. The molecule has 2 aromatic carbocycles. The molecule has 9 nitrogen and oxygen atoms in total. The molecule has 0 unspecified atom stereocenters. The van der Waals surface area contributed by atoms with Gasteiger partial charge in [-0.15, -0.1) is 0 Å². The van der Waals surface area contributed by atoms with Gasteiger partial charge in [0.15, 0.2) is 17.3 Å². The van der Waals surface area contributed by atoms with E-state index < -0.39 is 0 Å². The average Bonchev–Trinajstić information content (AvgIpc) is 3.07. The molecule has 0 atom stereocenters. The molecule has 0 aliphatic carbocycles. The van der Waals surface area contributed by atoms with Gasteiger partial charge < -0.3 is 29.7 Å². The Kier molecular flexibility index (Phi) is 6.55. The first-order chi connectivity index (χ1) is 17.1. The van der Waals surface area contributed by atoms with Crippen molar-refractivity contribution < 1.29 is 14.2 Å². The van der Waals surface area contributed by atoms with Crippen molar-refractivity contribution in [1.82, 2.24) is 14.9 Å². The van der Waals surface area contributed by atoms with Crippen molar-refractivity contribution in [2.75, 3.05) is 44.5 Å². The molecule has 3 aromatic rings. The van der Waals surface area contributed by atoms with E-state index in [0.717, 1.165) is 37.2 Å². The number of anilines is 3. The minimum Gasteiger partial charge on any atom is -0.493 e. The molecule has 2 aliphatic heterocycles. The van der Waals surface area contributed by atoms with Crippen molar-refractivity contribution in [3.8, 4) is 29.2 Å². The number of nitrogens with zero attached hydrogens (tertiary/aromatic N) is 4. The third-order valence-electron chi connectivity index (χ3n) is 6.39. The summed E-state index contributed by atoms with van der Waals surface area (Å²) in [5.41, 5.74) is 2.88. The molecule has 1 aromatic heterocycles. The largest absolute Gasteiger partial charge is 0.493 e. The second-order valence-corrected chi connectivity index (χ2v) is 8.84. The molecular formula is C26H28N6O3. The van der Waals surface area contributed by atoms with Crippen LogP contribution in [0, 0.1) is 17.2 Å². The zero-order valence-corrected chi connectivity index (χ0v) is 19.9. The average molecular weight is 473 g/mol. The summed E-state index contributed by atoms with van der Waals surface area (Å²) in [7, 11) is 3.79. The molecule has 3 heterocycles. The summed E-state index contributed by atoms with van der Waals surface area (Å²) < 4.78 is 18.0. The fourth-order valence-electron chi connectivity index (χ4n) is 4.32. The predicted molar refractivity (Wildman–Crippen MR) is 133 cm³/mol. The first-order valence-corrected chi connectivity index (χ1v) is 11.7. The number of likely N-dealkylation sites (tertiary alicyclic amines) is 1. The van der Waals surface area contributed by atoms with Crippen LogP contribution in [0.3, 0.4) is 0 Å². The fraction of sp³-hybridized carbons (Fsp3) is 0.346. The molecule has 0 saturated carbocycles. The third-order valence-corrected chi connectivity index (χ3v) is 6.39. The van der Waals surface area contributed by atoms with Gasteiger partial charge in [0.05, 0.1) is 25.3 Å². The Morgan fingerprint density at radius 2 is 2.06 bits per heavy atom. The van der Waals surface area contributed by atoms with Crippen LogP contribution in [-0.2, 0) is 6.54 Å². The number of piperidine rings is 1. The summed E-state index contributed by atoms with van der Waals surface area (Å²) in [5, 5.41) is 15.8. The Labute approximate surface area is 204 Å². The number of fused-ring (bicyclic) bond motifs is 2. The van der Waals surface area contributed by atoms with Crippen molar-refractivity contribution in [3.63, 3.8) is 0 Å². The highest BCUT2D eigenvalue weighted by atomic mass is 16.5. The number of methoxy groups -OCH3 is 1. The smallest absolute Gasteiger partial charge is 0.248 e. The van der Waals surface area contributed by atoms with E-state index in [1.807, 2.05) is 24.3 Å². The molecule has 0 bridgehead atoms. The summed E-state index contributed by atoms with van der Waals surface area (Å²) in [6.07, 6.45) is 3.71. The third kappa shape index (κ3) is 5.08. The molecule has 0 amide bonds. The molecule has 1 fully saturated rings. The molecule has 2 N–H and O–H groups in total. The standard InChI is InChI=1S/C26H28N6O3/c1-32-8-6-17(7-9-32)15-34-23-11-19-14-28-24-25(31-20-5-3-4-18(10-20)13-27)29-16-30-26(24)35-21(19)12-22(23)33-2/h3-5,10-12,16-17,28H,6-9,14-15H2,1-2H3,(H,29,30,31). The van der Waals surface area contributed by atoms with Gasteiger partial charge in [0.2, 0.25) is 5.88 Å². The van der Waals surface area contributed by atoms with Gasteiger partial charge in [-0.1, -0.05) is 6.07 Å². The van der Waals surface area contributed by atoms with E-state index in [0.29, 0.717) is 59.3 Å². The van der Waals surface area contributed by atoms with Gasteiger partial charge in [0.25, 0.3) is 0 Å². The molecule has 1 saturated heterocycles. The number of hydrogen-bond donors (Lipinski definition) is 2. The number of hydrogen-bond acceptors (Lipinski definition) is 9. The van der Waals surface area contributed by atoms with Gasteiger partial charge in [-0.2, -0.15) is 10.2 Å². The molecule has 0 radical (unpaired) electrons. The SMILES string of the molecule is COc1cc2c(cc1OCC1CCN(C)CC1)CNc1c(Nc3cccc(C#N)c3)ncnc1O2. The summed E-state index contributed by atoms with van der Waals surface area (Å²) in [6, 6.07) is 13.2. The van der Waals surface area contributed by atoms with E-state index in [2.05, 4.69) is 38.6 Å². The highest BCUT2D eigenvalue weighted by Gasteiger charge is 2.23. The maximum absolute atomic E-state index is 9.19. The lowest BCUT2D eigenvalue weighted by Gasteiger charge is -2.29. The van der Waals surface area contributed by atoms with E-state index in [9.17, 15) is 5.26 Å². The van der Waals surface area contributed by atoms with Gasteiger partial charge in [-0.05, 0) is 63.2 Å². The second kappa shape index (κ2) is 10.1. The van der Waals surface area contributed by atoms with E-state index in [1.54, 1.807) is 19.2 Å². The van der Waals surface area contributed by atoms with E-state index in [-0.39, 0.29) is 0 Å². The molecule has 35 heavy (non-hydrogen) atoms. The first-order valence-electron chi connectivity index (χ1n) is 11.7. The number of nitriles is 1. The summed E-state index contributed by atoms with van der Waals surface area (Å²) in [4.78, 5) is 11.1. The summed E-state index contributed by atoms with van der Waals surface area (Å²) in [5.74, 6) is 3.48. The molecule has 5 rings (SSSR count). The number of rotatable bonds is 6. The Balaban J connectivity index is 1.36. The lowest BCUT2D eigenvalue weighted by Crippen LogP contribution is -2.32. The van der Waals surface area contributed by atoms with Crippen molar-refractivity contribution in [3.05, 3.63) is 53.9 Å². The van der Waals surface area contributed by atoms with Crippen LogP contribution in [0.2, 0.25) is 0 Å². The van der Waals surface area contributed by atoms with Crippen LogP contribution in [0.5, 0.6) is 23.1 Å². The van der Waals surface area contributed by atoms with E-state index in [1.165, 1.54) is 6.33 Å². The van der Waals surface area contributed by atoms with Crippen LogP contribution in [0.15, 0.2) is 42.7 Å². The molecule has 9 heteroatoms. The maximum Gasteiger partial charge on any atom is 0.248 e. The molecule has 2 aliphatic rings. The topological polar surface area (TPSA) is 105 Å². The zero-order valence-electron chi connectivity index (χ0n) is 19.9. The highest BCUT2D eigenvalue weighted by molar-refractivity contribution is 5.76. The Morgan fingerprint density at radius 1 is 1.20 bits per heavy atom. The number of nitrogens with one attached hydrogen (secondary N) is 2. The van der Waals surface area contributed by atoms with E-state index >= 15 is 0 Å². The summed E-state index contributed by atoms with van der Waals surface area (Å²) >= 11 is 0. The Hall–Kier alpha value is -4.03. The van der Waals surface area contributed by atoms with Crippen molar-refractivity contribution in [2.45, 2.75) is 19.4 Å². The quantitative estimate of drug-likeness (QED) is 0.535. The van der Waals surface area contributed by atoms with Crippen molar-refractivity contribution in [2.24, 2.45) is 5.92 Å². The van der Waals surface area contributed by atoms with Crippen LogP contribution in [0.4, 0.5) is 17.2 Å². The maximum atomic E-state index is 9.19. The Bertz CT molecular complexity index is 1250. The number of benzene rings is 2. The van der Waals surface area contributed by atoms with Crippen LogP contribution in [-0.4, -0.2) is 48.7 Å². The molecule has 180 valence electrons. The monoisotopic (exact) mass is 472 g/mol. The van der Waals surface area contributed by atoms with Gasteiger partial charge in [0, 0.05) is 23.9 Å². The van der Waals surface area contributed by atoms with Gasteiger partial charge in [-0.25, -0.2) is 4.98 Å². The van der Waals surface area contributed by atoms with Crippen LogP contribution in [0.25, 0.3) is 0 Å². The lowest BCUT2D eigenvalue weighted by molar-refractivity contribution is 0.157. The van der Waals surface area contributed by atoms with Gasteiger partial charge in [0.1, 0.15) is 17.8 Å².